The average Bonchev–Trinajstić information content (AvgIpc) is 2.94. The zero-order chi connectivity index (χ0) is 16.2. The summed E-state index contributed by atoms with van der Waals surface area (Å²) in [5.41, 5.74) is 2.80. The third-order valence-corrected chi connectivity index (χ3v) is 3.46. The van der Waals surface area contributed by atoms with Gasteiger partial charge in [0.05, 0.1) is 0 Å². The van der Waals surface area contributed by atoms with Crippen LogP contribution in [0.5, 0.6) is 0 Å². The van der Waals surface area contributed by atoms with Gasteiger partial charge in [-0.15, -0.1) is 0 Å². The fourth-order valence-corrected chi connectivity index (χ4v) is 2.20. The maximum Gasteiger partial charge on any atom is 0.229 e. The third kappa shape index (κ3) is 3.98. The molecule has 2 heterocycles. The van der Waals surface area contributed by atoms with E-state index >= 15 is 0 Å². The maximum atomic E-state index is 5.90. The van der Waals surface area contributed by atoms with Crippen molar-refractivity contribution in [3.8, 4) is 0 Å². The Morgan fingerprint density at radius 3 is 2.48 bits per heavy atom. The van der Waals surface area contributed by atoms with Crippen LogP contribution in [0.25, 0.3) is 0 Å². The Bertz CT molecular complexity index is 797. The van der Waals surface area contributed by atoms with Gasteiger partial charge in [0.25, 0.3) is 0 Å². The van der Waals surface area contributed by atoms with Crippen LogP contribution < -0.4 is 10.6 Å². The molecule has 0 bridgehead atoms. The van der Waals surface area contributed by atoms with Gasteiger partial charge in [0.2, 0.25) is 5.95 Å². The summed E-state index contributed by atoms with van der Waals surface area (Å²) in [6.45, 7) is 4.00. The highest BCUT2D eigenvalue weighted by Crippen LogP contribution is 2.20. The van der Waals surface area contributed by atoms with Gasteiger partial charge in [-0.3, -0.25) is 5.10 Å². The van der Waals surface area contributed by atoms with E-state index in [2.05, 4.69) is 37.7 Å². The molecule has 0 spiro atoms. The van der Waals surface area contributed by atoms with Crippen molar-refractivity contribution in [1.82, 2.24) is 20.2 Å². The third-order valence-electron chi connectivity index (χ3n) is 3.20. The van der Waals surface area contributed by atoms with Crippen LogP contribution in [0.4, 0.5) is 23.3 Å². The summed E-state index contributed by atoms with van der Waals surface area (Å²) in [6.07, 6.45) is 0.812. The topological polar surface area (TPSA) is 78.5 Å². The lowest BCUT2D eigenvalue weighted by Crippen LogP contribution is -2.03. The molecule has 23 heavy (non-hydrogen) atoms. The number of nitrogens with zero attached hydrogens (tertiary/aromatic N) is 3. The van der Waals surface area contributed by atoms with Crippen molar-refractivity contribution < 1.29 is 0 Å². The number of aryl methyl sites for hydroxylation is 2. The number of hydrogen-bond donors (Lipinski definition) is 3. The standard InChI is InChI=1S/C16H17ClN6/c1-3-12-9-14(20-15-8-10(2)22-23-15)21-16(18-12)19-13-6-4-11(17)5-7-13/h4-9H,3H2,1-2H3,(H3,18,19,20,21,22,23). The average molecular weight is 329 g/mol. The number of nitrogens with one attached hydrogen (secondary N) is 3. The van der Waals surface area contributed by atoms with E-state index in [1.165, 1.54) is 0 Å². The lowest BCUT2D eigenvalue weighted by atomic mass is 10.3. The second kappa shape index (κ2) is 6.66. The van der Waals surface area contributed by atoms with E-state index in [9.17, 15) is 0 Å². The Labute approximate surface area is 139 Å². The molecule has 3 rings (SSSR count). The lowest BCUT2D eigenvalue weighted by Gasteiger charge is -2.09. The Balaban J connectivity index is 1.84. The lowest BCUT2D eigenvalue weighted by molar-refractivity contribution is 1.00. The Morgan fingerprint density at radius 1 is 1.04 bits per heavy atom. The van der Waals surface area contributed by atoms with Crippen LogP contribution in [0.2, 0.25) is 5.02 Å². The van der Waals surface area contributed by atoms with Gasteiger partial charge in [0.15, 0.2) is 5.82 Å². The van der Waals surface area contributed by atoms with Crippen molar-refractivity contribution in [2.45, 2.75) is 20.3 Å². The van der Waals surface area contributed by atoms with Crippen LogP contribution in [0.15, 0.2) is 36.4 Å². The van der Waals surface area contributed by atoms with Gasteiger partial charge < -0.3 is 10.6 Å². The zero-order valence-corrected chi connectivity index (χ0v) is 13.6. The number of aromatic amines is 1. The molecule has 6 nitrogen and oxygen atoms in total. The first-order valence-electron chi connectivity index (χ1n) is 7.32. The van der Waals surface area contributed by atoms with Crippen LogP contribution in [-0.4, -0.2) is 20.2 Å². The number of H-pyrrole nitrogens is 1. The largest absolute Gasteiger partial charge is 0.324 e. The molecular weight excluding hydrogens is 312 g/mol. The Morgan fingerprint density at radius 2 is 1.83 bits per heavy atom. The molecular formula is C16H17ClN6. The summed E-state index contributed by atoms with van der Waals surface area (Å²) in [5.74, 6) is 1.95. The van der Waals surface area contributed by atoms with E-state index in [4.69, 9.17) is 11.6 Å². The number of benzene rings is 1. The number of anilines is 4. The van der Waals surface area contributed by atoms with Gasteiger partial charge in [-0.2, -0.15) is 10.1 Å². The first-order valence-corrected chi connectivity index (χ1v) is 7.70. The molecule has 0 atom stereocenters. The molecule has 0 aliphatic heterocycles. The van der Waals surface area contributed by atoms with Crippen molar-refractivity contribution in [3.63, 3.8) is 0 Å². The van der Waals surface area contributed by atoms with Crippen LogP contribution >= 0.6 is 11.6 Å². The summed E-state index contributed by atoms with van der Waals surface area (Å²) < 4.78 is 0. The van der Waals surface area contributed by atoms with Crippen molar-refractivity contribution in [3.05, 3.63) is 52.8 Å². The van der Waals surface area contributed by atoms with Crippen LogP contribution in [0.3, 0.4) is 0 Å². The smallest absolute Gasteiger partial charge is 0.229 e. The van der Waals surface area contributed by atoms with Crippen molar-refractivity contribution in [2.24, 2.45) is 0 Å². The molecule has 0 unspecified atom stereocenters. The van der Waals surface area contributed by atoms with Gasteiger partial charge in [0, 0.05) is 34.2 Å². The van der Waals surface area contributed by atoms with Crippen LogP contribution in [-0.2, 0) is 6.42 Å². The number of rotatable bonds is 5. The second-order valence-electron chi connectivity index (χ2n) is 5.11. The molecule has 118 valence electrons. The first kappa shape index (κ1) is 15.3. The zero-order valence-electron chi connectivity index (χ0n) is 12.9. The minimum atomic E-state index is 0.529. The Kier molecular flexibility index (Phi) is 4.43. The van der Waals surface area contributed by atoms with E-state index in [0.717, 1.165) is 29.3 Å². The van der Waals surface area contributed by atoms with Gasteiger partial charge in [0.1, 0.15) is 5.82 Å². The van der Waals surface area contributed by atoms with Crippen LogP contribution in [0.1, 0.15) is 18.3 Å². The maximum absolute atomic E-state index is 5.90. The predicted octanol–water partition coefficient (Wildman–Crippen LogP) is 4.21. The molecule has 0 aliphatic carbocycles. The van der Waals surface area contributed by atoms with Gasteiger partial charge in [-0.1, -0.05) is 18.5 Å². The summed E-state index contributed by atoms with van der Waals surface area (Å²) >= 11 is 5.90. The minimum Gasteiger partial charge on any atom is -0.324 e. The molecule has 2 aromatic heterocycles. The van der Waals surface area contributed by atoms with E-state index in [1.54, 1.807) is 0 Å². The molecule has 0 amide bonds. The predicted molar refractivity (Wildman–Crippen MR) is 92.8 cm³/mol. The number of halogens is 1. The SMILES string of the molecule is CCc1cc(Nc2cc(C)[nH]n2)nc(Nc2ccc(Cl)cc2)n1. The highest BCUT2D eigenvalue weighted by Gasteiger charge is 2.06. The van der Waals surface area contributed by atoms with Gasteiger partial charge in [-0.05, 0) is 37.6 Å². The summed E-state index contributed by atoms with van der Waals surface area (Å²) in [7, 11) is 0. The minimum absolute atomic E-state index is 0.529. The van der Waals surface area contributed by atoms with Crippen molar-refractivity contribution in [2.75, 3.05) is 10.6 Å². The van der Waals surface area contributed by atoms with E-state index in [1.807, 2.05) is 43.3 Å². The molecule has 1 aromatic carbocycles. The molecule has 7 heteroatoms. The van der Waals surface area contributed by atoms with E-state index < -0.39 is 0 Å². The molecule has 3 aromatic rings. The summed E-state index contributed by atoms with van der Waals surface area (Å²) in [6, 6.07) is 11.2. The second-order valence-corrected chi connectivity index (χ2v) is 5.55. The molecule has 0 radical (unpaired) electrons. The fraction of sp³-hybridized carbons (Fsp3) is 0.188. The monoisotopic (exact) mass is 328 g/mol. The van der Waals surface area contributed by atoms with Crippen molar-refractivity contribution in [1.29, 1.82) is 0 Å². The highest BCUT2D eigenvalue weighted by atomic mass is 35.5. The van der Waals surface area contributed by atoms with Gasteiger partial charge in [-0.25, -0.2) is 4.98 Å². The fourth-order valence-electron chi connectivity index (χ4n) is 2.07. The molecule has 0 aliphatic rings. The molecule has 0 fully saturated rings. The molecule has 0 saturated carbocycles. The van der Waals surface area contributed by atoms with E-state index in [-0.39, 0.29) is 0 Å². The van der Waals surface area contributed by atoms with E-state index in [0.29, 0.717) is 16.8 Å². The molecule has 0 saturated heterocycles. The number of hydrogen-bond acceptors (Lipinski definition) is 5. The highest BCUT2D eigenvalue weighted by molar-refractivity contribution is 6.30. The number of aromatic nitrogens is 4. The normalized spacial score (nSPS) is 10.6. The van der Waals surface area contributed by atoms with Gasteiger partial charge >= 0.3 is 0 Å². The Hall–Kier alpha value is -2.60. The van der Waals surface area contributed by atoms with Crippen molar-refractivity contribution >= 4 is 34.9 Å². The molecule has 3 N–H and O–H groups in total. The quantitative estimate of drug-likeness (QED) is 0.654. The first-order chi connectivity index (χ1) is 11.1. The summed E-state index contributed by atoms with van der Waals surface area (Å²) in [5, 5.41) is 14.1. The van der Waals surface area contributed by atoms with Crippen LogP contribution in [0, 0.1) is 6.92 Å². The summed E-state index contributed by atoms with van der Waals surface area (Å²) in [4.78, 5) is 8.98.